The molecule has 1 fully saturated rings. The molecule has 4 heteroatoms. The summed E-state index contributed by atoms with van der Waals surface area (Å²) in [6.07, 6.45) is 5.12. The molecule has 0 spiro atoms. The molecule has 3 nitrogen and oxygen atoms in total. The quantitative estimate of drug-likeness (QED) is 0.783. The first-order valence-corrected chi connectivity index (χ1v) is 6.20. The van der Waals surface area contributed by atoms with Crippen LogP contribution in [0.25, 0.3) is 0 Å². The largest absolute Gasteiger partial charge is 0.356 e. The van der Waals surface area contributed by atoms with Gasteiger partial charge in [-0.15, -0.1) is 12.4 Å². The first-order chi connectivity index (χ1) is 7.17. The topological polar surface area (TPSA) is 55.1 Å². The van der Waals surface area contributed by atoms with Crippen LogP contribution in [0.5, 0.6) is 0 Å². The fourth-order valence-electron chi connectivity index (χ4n) is 2.22. The van der Waals surface area contributed by atoms with Crippen LogP contribution < -0.4 is 11.1 Å². The second-order valence-electron chi connectivity index (χ2n) is 4.70. The zero-order valence-electron chi connectivity index (χ0n) is 10.4. The molecular formula is C12H25ClN2O. The van der Waals surface area contributed by atoms with Crippen LogP contribution in [-0.4, -0.2) is 18.5 Å². The third-order valence-electron chi connectivity index (χ3n) is 3.56. The minimum Gasteiger partial charge on any atom is -0.356 e. The zero-order valence-corrected chi connectivity index (χ0v) is 11.2. The molecule has 2 atom stereocenters. The van der Waals surface area contributed by atoms with Gasteiger partial charge in [0.05, 0.1) is 0 Å². The molecule has 0 aromatic carbocycles. The molecule has 1 amide bonds. The lowest BCUT2D eigenvalue weighted by atomic mass is 10.0. The lowest BCUT2D eigenvalue weighted by molar-refractivity contribution is -0.125. The summed E-state index contributed by atoms with van der Waals surface area (Å²) in [5.74, 6) is 1.02. The number of hydrogen-bond acceptors (Lipinski definition) is 2. The summed E-state index contributed by atoms with van der Waals surface area (Å²) in [6, 6.07) is 0.244. The van der Waals surface area contributed by atoms with Crippen molar-refractivity contribution in [1.82, 2.24) is 5.32 Å². The molecule has 0 aromatic rings. The minimum absolute atomic E-state index is 0. The van der Waals surface area contributed by atoms with Crippen molar-refractivity contribution in [3.63, 3.8) is 0 Å². The average molecular weight is 249 g/mol. The van der Waals surface area contributed by atoms with Gasteiger partial charge in [-0.3, -0.25) is 4.79 Å². The fourth-order valence-corrected chi connectivity index (χ4v) is 2.22. The Kier molecular flexibility index (Phi) is 7.77. The lowest BCUT2D eigenvalue weighted by Crippen LogP contribution is -2.33. The van der Waals surface area contributed by atoms with Crippen molar-refractivity contribution < 1.29 is 4.79 Å². The molecule has 1 saturated carbocycles. The van der Waals surface area contributed by atoms with E-state index in [2.05, 4.69) is 19.2 Å². The minimum atomic E-state index is 0. The molecule has 96 valence electrons. The van der Waals surface area contributed by atoms with Gasteiger partial charge in [0.15, 0.2) is 0 Å². The van der Waals surface area contributed by atoms with Crippen LogP contribution in [0.2, 0.25) is 0 Å². The maximum absolute atomic E-state index is 11.8. The van der Waals surface area contributed by atoms with Gasteiger partial charge < -0.3 is 11.1 Å². The van der Waals surface area contributed by atoms with Crippen molar-refractivity contribution in [1.29, 1.82) is 0 Å². The number of hydrogen-bond donors (Lipinski definition) is 2. The molecular weight excluding hydrogens is 224 g/mol. The number of halogens is 1. The zero-order chi connectivity index (χ0) is 11.3. The van der Waals surface area contributed by atoms with E-state index in [1.165, 1.54) is 0 Å². The summed E-state index contributed by atoms with van der Waals surface area (Å²) < 4.78 is 0. The van der Waals surface area contributed by atoms with Gasteiger partial charge in [0.1, 0.15) is 0 Å². The van der Waals surface area contributed by atoms with Crippen LogP contribution in [0, 0.1) is 11.8 Å². The molecule has 0 aromatic heterocycles. The number of carbonyl (C=O) groups is 1. The molecule has 1 aliphatic rings. The summed E-state index contributed by atoms with van der Waals surface area (Å²) in [4.78, 5) is 11.8. The van der Waals surface area contributed by atoms with Crippen molar-refractivity contribution in [2.24, 2.45) is 17.6 Å². The van der Waals surface area contributed by atoms with Crippen LogP contribution in [0.1, 0.15) is 46.0 Å². The van der Waals surface area contributed by atoms with Crippen LogP contribution >= 0.6 is 12.4 Å². The van der Waals surface area contributed by atoms with Gasteiger partial charge in [-0.25, -0.2) is 0 Å². The van der Waals surface area contributed by atoms with Gasteiger partial charge in [-0.2, -0.15) is 0 Å². The van der Waals surface area contributed by atoms with Crippen LogP contribution in [-0.2, 0) is 4.79 Å². The lowest BCUT2D eigenvalue weighted by Gasteiger charge is -2.15. The SMILES string of the molecule is CCC(CC)CNC(=O)C1CCC(N)C1.Cl. The van der Waals surface area contributed by atoms with E-state index in [4.69, 9.17) is 5.73 Å². The van der Waals surface area contributed by atoms with E-state index in [1.807, 2.05) is 0 Å². The van der Waals surface area contributed by atoms with E-state index < -0.39 is 0 Å². The van der Waals surface area contributed by atoms with Crippen LogP contribution in [0.4, 0.5) is 0 Å². The average Bonchev–Trinajstić information content (AvgIpc) is 2.66. The van der Waals surface area contributed by atoms with Gasteiger partial charge in [0, 0.05) is 18.5 Å². The molecule has 2 unspecified atom stereocenters. The summed E-state index contributed by atoms with van der Waals surface area (Å²) in [7, 11) is 0. The molecule has 0 aliphatic heterocycles. The van der Waals surface area contributed by atoms with Gasteiger partial charge >= 0.3 is 0 Å². The van der Waals surface area contributed by atoms with Gasteiger partial charge in [0.2, 0.25) is 5.91 Å². The first-order valence-electron chi connectivity index (χ1n) is 6.20. The number of nitrogens with one attached hydrogen (secondary N) is 1. The summed E-state index contributed by atoms with van der Waals surface area (Å²) in [5.41, 5.74) is 5.79. The maximum Gasteiger partial charge on any atom is 0.223 e. The number of carbonyl (C=O) groups excluding carboxylic acids is 1. The highest BCUT2D eigenvalue weighted by Crippen LogP contribution is 2.24. The summed E-state index contributed by atoms with van der Waals surface area (Å²) >= 11 is 0. The predicted octanol–water partition coefficient (Wildman–Crippen LogP) is 2.09. The molecule has 1 rings (SSSR count). The van der Waals surface area contributed by atoms with Crippen LogP contribution in [0.15, 0.2) is 0 Å². The Morgan fingerprint density at radius 3 is 2.44 bits per heavy atom. The Morgan fingerprint density at radius 2 is 2.00 bits per heavy atom. The van der Waals surface area contributed by atoms with E-state index in [0.29, 0.717) is 5.92 Å². The van der Waals surface area contributed by atoms with Gasteiger partial charge in [0.25, 0.3) is 0 Å². The Balaban J connectivity index is 0.00000225. The highest BCUT2D eigenvalue weighted by molar-refractivity contribution is 5.85. The Hall–Kier alpha value is -0.280. The fraction of sp³-hybridized carbons (Fsp3) is 0.917. The molecule has 0 radical (unpaired) electrons. The van der Waals surface area contributed by atoms with E-state index in [1.54, 1.807) is 0 Å². The number of rotatable bonds is 5. The van der Waals surface area contributed by atoms with Crippen molar-refractivity contribution in [3.05, 3.63) is 0 Å². The second-order valence-corrected chi connectivity index (χ2v) is 4.70. The normalized spacial score (nSPS) is 24.2. The van der Waals surface area contributed by atoms with E-state index >= 15 is 0 Å². The number of nitrogens with two attached hydrogens (primary N) is 1. The first kappa shape index (κ1) is 15.7. The number of amides is 1. The smallest absolute Gasteiger partial charge is 0.223 e. The van der Waals surface area contributed by atoms with Gasteiger partial charge in [-0.05, 0) is 25.2 Å². The van der Waals surface area contributed by atoms with Crippen molar-refractivity contribution in [3.8, 4) is 0 Å². The van der Waals surface area contributed by atoms with Crippen molar-refractivity contribution in [2.45, 2.75) is 52.0 Å². The van der Waals surface area contributed by atoms with E-state index in [-0.39, 0.29) is 30.3 Å². The third kappa shape index (κ3) is 4.71. The third-order valence-corrected chi connectivity index (χ3v) is 3.56. The van der Waals surface area contributed by atoms with E-state index in [9.17, 15) is 4.79 Å². The standard InChI is InChI=1S/C12H24N2O.ClH/c1-3-9(4-2)8-14-12(15)10-5-6-11(13)7-10;/h9-11H,3-8,13H2,1-2H3,(H,14,15);1H. The summed E-state index contributed by atoms with van der Waals surface area (Å²) in [6.45, 7) is 5.18. The van der Waals surface area contributed by atoms with Crippen molar-refractivity contribution in [2.75, 3.05) is 6.54 Å². The molecule has 0 saturated heterocycles. The Bertz CT molecular complexity index is 207. The molecule has 16 heavy (non-hydrogen) atoms. The molecule has 0 bridgehead atoms. The maximum atomic E-state index is 11.8. The van der Waals surface area contributed by atoms with Crippen molar-refractivity contribution >= 4 is 18.3 Å². The predicted molar refractivity (Wildman–Crippen MR) is 69.6 cm³/mol. The summed E-state index contributed by atoms with van der Waals surface area (Å²) in [5, 5.41) is 3.05. The van der Waals surface area contributed by atoms with Gasteiger partial charge in [-0.1, -0.05) is 26.7 Å². The molecule has 0 heterocycles. The molecule has 1 aliphatic carbocycles. The van der Waals surface area contributed by atoms with E-state index in [0.717, 1.165) is 38.6 Å². The monoisotopic (exact) mass is 248 g/mol. The Labute approximate surface area is 105 Å². The highest BCUT2D eigenvalue weighted by Gasteiger charge is 2.27. The highest BCUT2D eigenvalue weighted by atomic mass is 35.5. The Morgan fingerprint density at radius 1 is 1.38 bits per heavy atom. The molecule has 3 N–H and O–H groups in total. The van der Waals surface area contributed by atoms with Crippen LogP contribution in [0.3, 0.4) is 0 Å². The second kappa shape index (κ2) is 7.91.